The summed E-state index contributed by atoms with van der Waals surface area (Å²) in [7, 11) is -2.02. The first kappa shape index (κ1) is 11.5. The van der Waals surface area contributed by atoms with Crippen molar-refractivity contribution >= 4 is 8.56 Å². The summed E-state index contributed by atoms with van der Waals surface area (Å²) in [6.45, 7) is 10.2. The van der Waals surface area contributed by atoms with Crippen molar-refractivity contribution in [2.45, 2.75) is 32.6 Å². The summed E-state index contributed by atoms with van der Waals surface area (Å²) in [5.74, 6) is 0. The van der Waals surface area contributed by atoms with Crippen LogP contribution in [0.3, 0.4) is 0 Å². The molecule has 88 valence electrons. The Bertz CT molecular complexity index is 225. The van der Waals surface area contributed by atoms with Gasteiger partial charge in [0.1, 0.15) is 0 Å². The van der Waals surface area contributed by atoms with Crippen molar-refractivity contribution in [3.05, 3.63) is 0 Å². The van der Waals surface area contributed by atoms with Crippen molar-refractivity contribution in [2.75, 3.05) is 32.5 Å². The highest BCUT2D eigenvalue weighted by molar-refractivity contribution is 6.66. The third kappa shape index (κ3) is 2.79. The van der Waals surface area contributed by atoms with E-state index in [1.807, 2.05) is 0 Å². The molecule has 0 N–H and O–H groups in total. The van der Waals surface area contributed by atoms with E-state index in [1.54, 1.807) is 0 Å². The zero-order valence-corrected chi connectivity index (χ0v) is 10.9. The lowest BCUT2D eigenvalue weighted by Gasteiger charge is -2.43. The topological polar surface area (TPSA) is 30.9 Å². The third-order valence-corrected chi connectivity index (χ3v) is 5.42. The normalized spacial score (nSPS) is 43.4. The lowest BCUT2D eigenvalue weighted by Crippen LogP contribution is -2.59. The summed E-state index contributed by atoms with van der Waals surface area (Å²) in [5.41, 5.74) is 0. The third-order valence-electron chi connectivity index (χ3n) is 2.96. The summed E-state index contributed by atoms with van der Waals surface area (Å²) in [6.07, 6.45) is 1.15. The van der Waals surface area contributed by atoms with Crippen LogP contribution >= 0.6 is 0 Å². The SMILES string of the molecule is CCN1CC(C)O[Si]2(C)COCC(C1)O2. The second-order valence-electron chi connectivity index (χ2n) is 4.67. The number of likely N-dealkylation sites (N-methyl/N-ethyl adjacent to an activating group) is 1. The van der Waals surface area contributed by atoms with Gasteiger partial charge in [-0.3, -0.25) is 4.90 Å². The van der Waals surface area contributed by atoms with Gasteiger partial charge in [-0.05, 0) is 20.0 Å². The molecule has 2 rings (SSSR count). The summed E-state index contributed by atoms with van der Waals surface area (Å²) in [5, 5.41) is 0. The van der Waals surface area contributed by atoms with E-state index in [0.717, 1.165) is 26.2 Å². The number of rotatable bonds is 1. The van der Waals surface area contributed by atoms with Crippen LogP contribution in [0.15, 0.2) is 0 Å². The molecule has 2 aliphatic heterocycles. The molecule has 0 spiro atoms. The summed E-state index contributed by atoms with van der Waals surface area (Å²) in [6, 6.07) is 0. The van der Waals surface area contributed by atoms with Gasteiger partial charge < -0.3 is 13.6 Å². The van der Waals surface area contributed by atoms with Crippen molar-refractivity contribution in [1.29, 1.82) is 0 Å². The number of ether oxygens (including phenoxy) is 1. The van der Waals surface area contributed by atoms with E-state index in [-0.39, 0.29) is 12.2 Å². The van der Waals surface area contributed by atoms with E-state index >= 15 is 0 Å². The van der Waals surface area contributed by atoms with Crippen LogP contribution < -0.4 is 0 Å². The first-order valence-corrected chi connectivity index (χ1v) is 8.29. The number of fused-ring (bicyclic) bond motifs is 2. The van der Waals surface area contributed by atoms with Crippen molar-refractivity contribution in [3.63, 3.8) is 0 Å². The maximum Gasteiger partial charge on any atom is 0.362 e. The molecule has 0 saturated carbocycles. The highest BCUT2D eigenvalue weighted by atomic mass is 28.4. The van der Waals surface area contributed by atoms with E-state index in [9.17, 15) is 0 Å². The van der Waals surface area contributed by atoms with Gasteiger partial charge in [0.25, 0.3) is 0 Å². The molecule has 0 radical (unpaired) electrons. The Kier molecular flexibility index (Phi) is 3.47. The summed E-state index contributed by atoms with van der Waals surface area (Å²) in [4.78, 5) is 2.37. The molecular weight excluding hydrogens is 210 g/mol. The monoisotopic (exact) mass is 231 g/mol. The molecule has 2 heterocycles. The fraction of sp³-hybridized carbons (Fsp3) is 1.00. The fourth-order valence-corrected chi connectivity index (χ4v) is 4.85. The van der Waals surface area contributed by atoms with Gasteiger partial charge in [0.05, 0.1) is 25.0 Å². The molecule has 2 saturated heterocycles. The second-order valence-corrected chi connectivity index (χ2v) is 7.70. The smallest absolute Gasteiger partial charge is 0.362 e. The minimum atomic E-state index is -2.02. The first-order chi connectivity index (χ1) is 7.11. The average molecular weight is 231 g/mol. The average Bonchev–Trinajstić information content (AvgIpc) is 2.14. The predicted molar refractivity (Wildman–Crippen MR) is 60.0 cm³/mol. The van der Waals surface area contributed by atoms with Gasteiger partial charge >= 0.3 is 8.56 Å². The van der Waals surface area contributed by atoms with Crippen LogP contribution in [0.5, 0.6) is 0 Å². The summed E-state index contributed by atoms with van der Waals surface area (Å²) < 4.78 is 17.7. The molecule has 0 aromatic carbocycles. The number of hydrogen-bond donors (Lipinski definition) is 0. The Balaban J connectivity index is 2.06. The van der Waals surface area contributed by atoms with E-state index in [4.69, 9.17) is 13.6 Å². The predicted octanol–water partition coefficient (Wildman–Crippen LogP) is 0.754. The standard InChI is InChI=1S/C10H21NO3Si/c1-4-11-5-9(2)13-15(3)8-12-7-10(6-11)14-15/h9-10H,4-8H2,1-3H3. The van der Waals surface area contributed by atoms with E-state index in [1.165, 1.54) is 0 Å². The Morgan fingerprint density at radius 1 is 1.33 bits per heavy atom. The highest BCUT2D eigenvalue weighted by Gasteiger charge is 2.42. The van der Waals surface area contributed by atoms with E-state index in [0.29, 0.717) is 6.23 Å². The minimum absolute atomic E-state index is 0.211. The number of hydrogen-bond acceptors (Lipinski definition) is 4. The Morgan fingerprint density at radius 2 is 2.13 bits per heavy atom. The fourth-order valence-electron chi connectivity index (χ4n) is 2.40. The van der Waals surface area contributed by atoms with Crippen molar-refractivity contribution < 1.29 is 13.6 Å². The van der Waals surface area contributed by atoms with Crippen LogP contribution in [0.4, 0.5) is 0 Å². The lowest BCUT2D eigenvalue weighted by molar-refractivity contribution is -0.0604. The number of nitrogens with zero attached hydrogens (tertiary/aromatic N) is 1. The van der Waals surface area contributed by atoms with E-state index in [2.05, 4.69) is 25.3 Å². The van der Waals surface area contributed by atoms with Gasteiger partial charge in [-0.25, -0.2) is 0 Å². The van der Waals surface area contributed by atoms with Gasteiger partial charge in [-0.1, -0.05) is 6.92 Å². The van der Waals surface area contributed by atoms with Gasteiger partial charge in [0, 0.05) is 13.1 Å². The van der Waals surface area contributed by atoms with Gasteiger partial charge in [0.2, 0.25) is 0 Å². The molecule has 0 aliphatic carbocycles. The first-order valence-electron chi connectivity index (χ1n) is 5.77. The van der Waals surface area contributed by atoms with E-state index < -0.39 is 8.56 Å². The van der Waals surface area contributed by atoms with Gasteiger partial charge in [-0.2, -0.15) is 0 Å². The van der Waals surface area contributed by atoms with Crippen LogP contribution in [0, 0.1) is 0 Å². The molecule has 0 amide bonds. The van der Waals surface area contributed by atoms with Crippen molar-refractivity contribution in [3.8, 4) is 0 Å². The molecule has 2 fully saturated rings. The quantitative estimate of drug-likeness (QED) is 0.623. The Morgan fingerprint density at radius 3 is 2.87 bits per heavy atom. The minimum Gasteiger partial charge on any atom is -0.389 e. The van der Waals surface area contributed by atoms with Gasteiger partial charge in [0.15, 0.2) is 0 Å². The van der Waals surface area contributed by atoms with Crippen molar-refractivity contribution in [1.82, 2.24) is 4.90 Å². The van der Waals surface area contributed by atoms with Gasteiger partial charge in [-0.15, -0.1) is 0 Å². The molecule has 4 nitrogen and oxygen atoms in total. The highest BCUT2D eigenvalue weighted by Crippen LogP contribution is 2.22. The maximum atomic E-state index is 6.07. The largest absolute Gasteiger partial charge is 0.389 e. The molecule has 3 atom stereocenters. The second kappa shape index (κ2) is 4.51. The summed E-state index contributed by atoms with van der Waals surface area (Å²) >= 11 is 0. The molecule has 2 bridgehead atoms. The zero-order valence-electron chi connectivity index (χ0n) is 9.86. The van der Waals surface area contributed by atoms with Crippen LogP contribution in [0.25, 0.3) is 0 Å². The molecule has 0 aromatic heterocycles. The zero-order chi connectivity index (χ0) is 10.9. The molecular formula is C10H21NO3Si. The molecule has 2 aliphatic rings. The Labute approximate surface area is 92.7 Å². The molecule has 5 heteroatoms. The lowest BCUT2D eigenvalue weighted by atomic mass is 10.3. The molecule has 3 unspecified atom stereocenters. The van der Waals surface area contributed by atoms with Crippen LogP contribution in [-0.2, 0) is 13.6 Å². The van der Waals surface area contributed by atoms with Crippen LogP contribution in [0.2, 0.25) is 6.55 Å². The maximum absolute atomic E-state index is 6.07. The van der Waals surface area contributed by atoms with Crippen LogP contribution in [0.1, 0.15) is 13.8 Å². The van der Waals surface area contributed by atoms with Crippen molar-refractivity contribution in [2.24, 2.45) is 0 Å². The molecule has 15 heavy (non-hydrogen) atoms. The van der Waals surface area contributed by atoms with Crippen LogP contribution in [-0.4, -0.2) is 58.1 Å². The molecule has 0 aromatic rings. The Hall–Kier alpha value is 0.0569.